The minimum atomic E-state index is -2.22. The number of hydrogen-bond donors (Lipinski definition) is 0. The molecule has 0 aromatic carbocycles. The van der Waals surface area contributed by atoms with E-state index in [0.29, 0.717) is 6.61 Å². The predicted molar refractivity (Wildman–Crippen MR) is 43.9 cm³/mol. The van der Waals surface area contributed by atoms with Gasteiger partial charge in [0.05, 0.1) is 12.2 Å². The van der Waals surface area contributed by atoms with Crippen LogP contribution in [0.1, 0.15) is 27.7 Å². The van der Waals surface area contributed by atoms with Gasteiger partial charge in [-0.05, 0) is 13.8 Å². The lowest BCUT2D eigenvalue weighted by atomic mass is 9.78. The number of hydrogen-bond acceptors (Lipinski definition) is 3. The van der Waals surface area contributed by atoms with Gasteiger partial charge in [-0.25, -0.2) is 0 Å². The van der Waals surface area contributed by atoms with Crippen LogP contribution in [0.4, 0.5) is 0 Å². The van der Waals surface area contributed by atoms with Gasteiger partial charge in [0.25, 0.3) is 0 Å². The van der Waals surface area contributed by atoms with Crippen molar-refractivity contribution in [2.75, 3.05) is 6.61 Å². The van der Waals surface area contributed by atoms with E-state index < -0.39 is 8.25 Å². The van der Waals surface area contributed by atoms with Gasteiger partial charge in [0.1, 0.15) is 0 Å². The molecular formula is C7H15O3P. The summed E-state index contributed by atoms with van der Waals surface area (Å²) in [5.41, 5.74) is -0.410. The Hall–Kier alpha value is 0.150. The predicted octanol–water partition coefficient (Wildman–Crippen LogP) is 2.23. The molecule has 0 aromatic heterocycles. The second kappa shape index (κ2) is 2.58. The molecule has 0 radical (unpaired) electrons. The average Bonchev–Trinajstić information content (AvgIpc) is 1.80. The van der Waals surface area contributed by atoms with E-state index in [2.05, 4.69) is 0 Å². The van der Waals surface area contributed by atoms with E-state index in [-0.39, 0.29) is 11.0 Å². The van der Waals surface area contributed by atoms with Crippen molar-refractivity contribution < 1.29 is 13.6 Å². The average molecular weight is 178 g/mol. The zero-order chi connectivity index (χ0) is 8.70. The van der Waals surface area contributed by atoms with Gasteiger partial charge >= 0.3 is 8.25 Å². The van der Waals surface area contributed by atoms with E-state index in [1.165, 1.54) is 0 Å². The fourth-order valence-corrected chi connectivity index (χ4v) is 2.02. The molecule has 3 nitrogen and oxygen atoms in total. The van der Waals surface area contributed by atoms with Gasteiger partial charge in [-0.2, -0.15) is 0 Å². The van der Waals surface area contributed by atoms with E-state index in [1.54, 1.807) is 0 Å². The van der Waals surface area contributed by atoms with Crippen LogP contribution in [0.3, 0.4) is 0 Å². The summed E-state index contributed by atoms with van der Waals surface area (Å²) in [5.74, 6) is 0. The van der Waals surface area contributed by atoms with E-state index in [0.717, 1.165) is 0 Å². The van der Waals surface area contributed by atoms with Crippen molar-refractivity contribution in [3.63, 3.8) is 0 Å². The van der Waals surface area contributed by atoms with Crippen LogP contribution in [-0.4, -0.2) is 12.2 Å². The fraction of sp³-hybridized carbons (Fsp3) is 1.00. The molecule has 0 bridgehead atoms. The monoisotopic (exact) mass is 178 g/mol. The smallest absolute Gasteiger partial charge is 0.310 e. The van der Waals surface area contributed by atoms with Gasteiger partial charge in [-0.3, -0.25) is 4.57 Å². The molecule has 1 atom stereocenters. The summed E-state index contributed by atoms with van der Waals surface area (Å²) >= 11 is 0. The van der Waals surface area contributed by atoms with Crippen molar-refractivity contribution in [1.29, 1.82) is 0 Å². The molecule has 0 aromatic rings. The highest BCUT2D eigenvalue weighted by molar-refractivity contribution is 7.33. The standard InChI is InChI=1S/C7H15O3P/c1-6(2)5-9-11(8)10-7(6,3)4/h11H,5H2,1-4H3. The molecule has 0 N–H and O–H groups in total. The van der Waals surface area contributed by atoms with Gasteiger partial charge < -0.3 is 9.05 Å². The topological polar surface area (TPSA) is 35.5 Å². The third kappa shape index (κ3) is 1.66. The highest BCUT2D eigenvalue weighted by Gasteiger charge is 2.43. The Morgan fingerprint density at radius 1 is 1.27 bits per heavy atom. The largest absolute Gasteiger partial charge is 0.319 e. The molecule has 1 aliphatic heterocycles. The Morgan fingerprint density at radius 2 is 1.82 bits per heavy atom. The van der Waals surface area contributed by atoms with Crippen LogP contribution in [0.15, 0.2) is 0 Å². The van der Waals surface area contributed by atoms with Gasteiger partial charge in [-0.1, -0.05) is 13.8 Å². The third-order valence-electron chi connectivity index (χ3n) is 2.52. The lowest BCUT2D eigenvalue weighted by molar-refractivity contribution is -0.0765. The maximum atomic E-state index is 10.9. The molecule has 1 fully saturated rings. The zero-order valence-electron chi connectivity index (χ0n) is 7.43. The highest BCUT2D eigenvalue weighted by Crippen LogP contribution is 2.47. The second-order valence-electron chi connectivity index (χ2n) is 4.03. The quantitative estimate of drug-likeness (QED) is 0.533. The van der Waals surface area contributed by atoms with Gasteiger partial charge in [-0.15, -0.1) is 0 Å². The SMILES string of the molecule is CC1(C)CO[PH](=O)OC1(C)C. The third-order valence-corrected chi connectivity index (χ3v) is 3.58. The zero-order valence-corrected chi connectivity index (χ0v) is 8.43. The van der Waals surface area contributed by atoms with Crippen molar-refractivity contribution in [3.05, 3.63) is 0 Å². The van der Waals surface area contributed by atoms with Gasteiger partial charge in [0, 0.05) is 5.41 Å². The fourth-order valence-electron chi connectivity index (χ4n) is 0.789. The molecule has 1 rings (SSSR count). The van der Waals surface area contributed by atoms with E-state index in [4.69, 9.17) is 9.05 Å². The first-order valence-corrected chi connectivity index (χ1v) is 4.93. The Morgan fingerprint density at radius 3 is 2.18 bits per heavy atom. The number of rotatable bonds is 0. The van der Waals surface area contributed by atoms with Crippen LogP contribution in [0.25, 0.3) is 0 Å². The van der Waals surface area contributed by atoms with Crippen LogP contribution in [0.2, 0.25) is 0 Å². The Bertz CT molecular complexity index is 186. The van der Waals surface area contributed by atoms with Crippen LogP contribution >= 0.6 is 8.25 Å². The van der Waals surface area contributed by atoms with E-state index >= 15 is 0 Å². The summed E-state index contributed by atoms with van der Waals surface area (Å²) < 4.78 is 21.1. The lowest BCUT2D eigenvalue weighted by Gasteiger charge is -2.43. The summed E-state index contributed by atoms with van der Waals surface area (Å²) in [6, 6.07) is 0. The Kier molecular flexibility index (Phi) is 2.17. The molecule has 1 unspecified atom stereocenters. The van der Waals surface area contributed by atoms with E-state index in [1.807, 2.05) is 27.7 Å². The molecule has 1 saturated heterocycles. The summed E-state index contributed by atoms with van der Waals surface area (Å²) in [6.45, 7) is 8.48. The van der Waals surface area contributed by atoms with Crippen molar-refractivity contribution in [3.8, 4) is 0 Å². The first kappa shape index (κ1) is 9.24. The van der Waals surface area contributed by atoms with Crippen molar-refractivity contribution >= 4 is 8.25 Å². The molecule has 0 amide bonds. The normalized spacial score (nSPS) is 35.1. The molecule has 4 heteroatoms. The van der Waals surface area contributed by atoms with Crippen molar-refractivity contribution in [2.45, 2.75) is 33.3 Å². The van der Waals surface area contributed by atoms with Crippen LogP contribution in [0.5, 0.6) is 0 Å². The maximum absolute atomic E-state index is 10.9. The summed E-state index contributed by atoms with van der Waals surface area (Å²) in [7, 11) is -2.22. The maximum Gasteiger partial charge on any atom is 0.319 e. The Labute approximate surface area is 68.0 Å². The molecule has 66 valence electrons. The van der Waals surface area contributed by atoms with Crippen LogP contribution in [-0.2, 0) is 13.6 Å². The first-order chi connectivity index (χ1) is 4.85. The second-order valence-corrected chi connectivity index (χ2v) is 5.03. The van der Waals surface area contributed by atoms with Crippen molar-refractivity contribution in [2.24, 2.45) is 5.41 Å². The van der Waals surface area contributed by atoms with Gasteiger partial charge in [0.15, 0.2) is 0 Å². The summed E-state index contributed by atoms with van der Waals surface area (Å²) in [5, 5.41) is 0. The molecule has 11 heavy (non-hydrogen) atoms. The molecule has 1 heterocycles. The molecular weight excluding hydrogens is 163 g/mol. The minimum absolute atomic E-state index is 0.0639. The summed E-state index contributed by atoms with van der Waals surface area (Å²) in [4.78, 5) is 0. The molecule has 1 aliphatic rings. The molecule has 0 aliphatic carbocycles. The van der Waals surface area contributed by atoms with Crippen molar-refractivity contribution in [1.82, 2.24) is 0 Å². The van der Waals surface area contributed by atoms with E-state index in [9.17, 15) is 4.57 Å². The first-order valence-electron chi connectivity index (χ1n) is 3.71. The van der Waals surface area contributed by atoms with Gasteiger partial charge in [0.2, 0.25) is 0 Å². The highest BCUT2D eigenvalue weighted by atomic mass is 31.1. The van der Waals surface area contributed by atoms with Crippen LogP contribution in [0, 0.1) is 5.41 Å². The van der Waals surface area contributed by atoms with Crippen LogP contribution < -0.4 is 0 Å². The lowest BCUT2D eigenvalue weighted by Crippen LogP contribution is -2.45. The molecule has 0 spiro atoms. The summed E-state index contributed by atoms with van der Waals surface area (Å²) in [6.07, 6.45) is 0. The molecule has 0 saturated carbocycles. The Balaban J connectivity index is 2.80. The minimum Gasteiger partial charge on any atom is -0.310 e.